The van der Waals surface area contributed by atoms with Gasteiger partial charge in [0.1, 0.15) is 11.5 Å². The van der Waals surface area contributed by atoms with Crippen LogP contribution in [0.5, 0.6) is 5.75 Å². The fourth-order valence-electron chi connectivity index (χ4n) is 4.68. The number of aryl methyl sites for hydroxylation is 1. The number of carbonyl (C=O) groups is 1. The van der Waals surface area contributed by atoms with Gasteiger partial charge in [-0.15, -0.1) is 11.3 Å². The van der Waals surface area contributed by atoms with Gasteiger partial charge in [-0.3, -0.25) is 9.78 Å². The van der Waals surface area contributed by atoms with Crippen molar-refractivity contribution >= 4 is 27.0 Å². The number of carbonyl (C=O) groups excluding carboxylic acids is 1. The number of thiazole rings is 1. The van der Waals surface area contributed by atoms with Gasteiger partial charge < -0.3 is 9.84 Å². The molecule has 3 heterocycles. The SMILES string of the molecule is Cc1ncc(-c2ccc(C[C@@H]3COc4cc(-c5ccccc5C(=O)CS(=O)(=O)C(C)(C)C)ccc4[C@H]3O)nc2)s1. The Morgan fingerprint density at radius 3 is 2.48 bits per heavy atom. The highest BCUT2D eigenvalue weighted by Crippen LogP contribution is 2.40. The Morgan fingerprint density at radius 2 is 1.80 bits per heavy atom. The third-order valence-corrected chi connectivity index (χ3v) is 10.7. The molecule has 1 aliphatic rings. The largest absolute Gasteiger partial charge is 0.493 e. The lowest BCUT2D eigenvalue weighted by molar-refractivity contribution is 0.0503. The summed E-state index contributed by atoms with van der Waals surface area (Å²) in [7, 11) is -3.63. The van der Waals surface area contributed by atoms with E-state index in [1.807, 2.05) is 55.7 Å². The molecule has 9 heteroatoms. The zero-order valence-electron chi connectivity index (χ0n) is 22.9. The third kappa shape index (κ3) is 5.73. The average molecular weight is 577 g/mol. The first kappa shape index (κ1) is 28.1. The highest BCUT2D eigenvalue weighted by Gasteiger charge is 2.33. The molecule has 40 heavy (non-hydrogen) atoms. The number of hydrogen-bond donors (Lipinski definition) is 1. The molecule has 0 aliphatic carbocycles. The monoisotopic (exact) mass is 576 g/mol. The predicted molar refractivity (Wildman–Crippen MR) is 157 cm³/mol. The number of ketones is 1. The van der Waals surface area contributed by atoms with Crippen molar-refractivity contribution in [2.24, 2.45) is 5.92 Å². The van der Waals surface area contributed by atoms with Crippen LogP contribution in [0.25, 0.3) is 21.6 Å². The van der Waals surface area contributed by atoms with Crippen molar-refractivity contribution in [3.8, 4) is 27.3 Å². The summed E-state index contributed by atoms with van der Waals surface area (Å²) in [6.07, 6.45) is 3.51. The predicted octanol–water partition coefficient (Wildman–Crippen LogP) is 5.86. The average Bonchev–Trinajstić information content (AvgIpc) is 3.36. The first-order chi connectivity index (χ1) is 18.9. The zero-order chi connectivity index (χ0) is 28.7. The fourth-order valence-corrected chi connectivity index (χ4v) is 6.38. The van der Waals surface area contributed by atoms with Gasteiger partial charge in [-0.1, -0.05) is 42.5 Å². The smallest absolute Gasteiger partial charge is 0.178 e. The van der Waals surface area contributed by atoms with Crippen LogP contribution in [0.3, 0.4) is 0 Å². The standard InChI is InChI=1S/C31H32N2O5S2/c1-19-32-16-29(39-19)21-9-11-23(33-15-21)13-22-17-38-28-14-20(10-12-26(28)30(22)35)24-7-5-6-8-25(24)27(34)18-40(36,37)31(2,3)4/h5-12,14-16,22,30,35H,13,17-18H2,1-4H3/t22-,30+/m1/s1. The number of sulfone groups is 1. The first-order valence-corrected chi connectivity index (χ1v) is 15.6. The summed E-state index contributed by atoms with van der Waals surface area (Å²) in [5.41, 5.74) is 4.25. The molecule has 0 unspecified atom stereocenters. The van der Waals surface area contributed by atoms with Crippen LogP contribution in [0.1, 0.15) is 53.5 Å². The lowest BCUT2D eigenvalue weighted by Gasteiger charge is -2.30. The van der Waals surface area contributed by atoms with Gasteiger partial charge in [0, 0.05) is 40.7 Å². The van der Waals surface area contributed by atoms with E-state index in [2.05, 4.69) is 9.97 Å². The summed E-state index contributed by atoms with van der Waals surface area (Å²) in [4.78, 5) is 23.1. The van der Waals surface area contributed by atoms with Crippen molar-refractivity contribution in [1.29, 1.82) is 0 Å². The zero-order valence-corrected chi connectivity index (χ0v) is 24.6. The molecule has 1 N–H and O–H groups in total. The van der Waals surface area contributed by atoms with Gasteiger partial charge in [0.15, 0.2) is 15.6 Å². The van der Waals surface area contributed by atoms with Crippen molar-refractivity contribution in [1.82, 2.24) is 9.97 Å². The van der Waals surface area contributed by atoms with Crippen LogP contribution in [0, 0.1) is 12.8 Å². The van der Waals surface area contributed by atoms with Gasteiger partial charge in [0.2, 0.25) is 0 Å². The molecule has 2 atom stereocenters. The highest BCUT2D eigenvalue weighted by atomic mass is 32.2. The van der Waals surface area contributed by atoms with Crippen molar-refractivity contribution < 1.29 is 23.1 Å². The highest BCUT2D eigenvalue weighted by molar-refractivity contribution is 7.93. The van der Waals surface area contributed by atoms with Crippen LogP contribution in [0.2, 0.25) is 0 Å². The maximum absolute atomic E-state index is 13.1. The quantitative estimate of drug-likeness (QED) is 0.275. The minimum Gasteiger partial charge on any atom is -0.493 e. The number of rotatable bonds is 7. The van der Waals surface area contributed by atoms with E-state index in [1.54, 1.807) is 50.3 Å². The Labute approximate surface area is 238 Å². The Hall–Kier alpha value is -3.40. The molecule has 208 valence electrons. The Morgan fingerprint density at radius 1 is 1.05 bits per heavy atom. The molecule has 0 saturated carbocycles. The number of hydrogen-bond acceptors (Lipinski definition) is 8. The summed E-state index contributed by atoms with van der Waals surface area (Å²) in [6, 6.07) is 16.4. The van der Waals surface area contributed by atoms with Crippen molar-refractivity contribution in [3.05, 3.63) is 88.8 Å². The number of aromatic nitrogens is 2. The second kappa shape index (κ2) is 10.9. The molecule has 4 aromatic rings. The van der Waals surface area contributed by atoms with Gasteiger partial charge in [0.05, 0.1) is 27.3 Å². The van der Waals surface area contributed by atoms with Gasteiger partial charge in [-0.05, 0) is 57.4 Å². The van der Waals surface area contributed by atoms with Gasteiger partial charge in [-0.25, -0.2) is 13.4 Å². The molecule has 0 radical (unpaired) electrons. The van der Waals surface area contributed by atoms with Gasteiger partial charge in [-0.2, -0.15) is 0 Å². The molecule has 0 bridgehead atoms. The summed E-state index contributed by atoms with van der Waals surface area (Å²) in [6.45, 7) is 7.07. The molecule has 0 spiro atoms. The Kier molecular flexibility index (Phi) is 7.65. The Balaban J connectivity index is 1.34. The van der Waals surface area contributed by atoms with Crippen LogP contribution in [-0.4, -0.2) is 46.4 Å². The van der Waals surface area contributed by atoms with E-state index in [0.717, 1.165) is 26.7 Å². The molecule has 0 saturated heterocycles. The second-order valence-corrected chi connectivity index (χ2v) is 15.1. The van der Waals surface area contributed by atoms with E-state index in [-0.39, 0.29) is 5.92 Å². The van der Waals surface area contributed by atoms with E-state index < -0.39 is 32.2 Å². The maximum Gasteiger partial charge on any atom is 0.178 e. The van der Waals surface area contributed by atoms with E-state index in [9.17, 15) is 18.3 Å². The molecule has 0 fully saturated rings. The molecule has 0 amide bonds. The van der Waals surface area contributed by atoms with Crippen molar-refractivity contribution in [2.45, 2.75) is 45.0 Å². The first-order valence-electron chi connectivity index (χ1n) is 13.1. The van der Waals surface area contributed by atoms with Crippen molar-refractivity contribution in [3.63, 3.8) is 0 Å². The molecule has 2 aromatic heterocycles. The number of nitrogens with zero attached hydrogens (tertiary/aromatic N) is 2. The van der Waals surface area contributed by atoms with Crippen LogP contribution in [-0.2, 0) is 16.3 Å². The fraction of sp³-hybridized carbons (Fsp3) is 0.323. The lowest BCUT2D eigenvalue weighted by Crippen LogP contribution is -2.33. The number of benzene rings is 2. The van der Waals surface area contributed by atoms with Crippen LogP contribution >= 0.6 is 11.3 Å². The molecular weight excluding hydrogens is 544 g/mol. The molecule has 5 rings (SSSR count). The van der Waals surface area contributed by atoms with E-state index in [4.69, 9.17) is 4.74 Å². The van der Waals surface area contributed by atoms with Crippen LogP contribution in [0.4, 0.5) is 0 Å². The lowest BCUT2D eigenvalue weighted by atomic mass is 9.88. The summed E-state index contributed by atoms with van der Waals surface area (Å²) < 4.78 is 30.4. The van der Waals surface area contributed by atoms with Crippen LogP contribution in [0.15, 0.2) is 67.0 Å². The normalized spacial score (nSPS) is 17.2. The summed E-state index contributed by atoms with van der Waals surface area (Å²) in [5, 5.41) is 12.2. The number of fused-ring (bicyclic) bond motifs is 1. The minimum atomic E-state index is -3.63. The van der Waals surface area contributed by atoms with Gasteiger partial charge >= 0.3 is 0 Å². The van der Waals surface area contributed by atoms with Crippen LogP contribution < -0.4 is 4.74 Å². The number of aliphatic hydroxyl groups excluding tert-OH is 1. The second-order valence-electron chi connectivity index (χ2n) is 11.1. The van der Waals surface area contributed by atoms with E-state index >= 15 is 0 Å². The number of aliphatic hydroxyl groups is 1. The topological polar surface area (TPSA) is 106 Å². The van der Waals surface area contributed by atoms with E-state index in [1.165, 1.54) is 0 Å². The van der Waals surface area contributed by atoms with Gasteiger partial charge in [0.25, 0.3) is 0 Å². The number of ether oxygens (including phenoxy) is 1. The Bertz CT molecular complexity index is 1650. The molecule has 7 nitrogen and oxygen atoms in total. The third-order valence-electron chi connectivity index (χ3n) is 7.23. The van der Waals surface area contributed by atoms with Crippen molar-refractivity contribution in [2.75, 3.05) is 12.4 Å². The summed E-state index contributed by atoms with van der Waals surface area (Å²) in [5.74, 6) is -0.629. The summed E-state index contributed by atoms with van der Waals surface area (Å²) >= 11 is 1.62. The number of pyridine rings is 1. The van der Waals surface area contributed by atoms with E-state index in [0.29, 0.717) is 35.5 Å². The minimum absolute atomic E-state index is 0.168. The molecule has 2 aromatic carbocycles. The number of Topliss-reactive ketones (excluding diaryl/α,β-unsaturated/α-hetero) is 1. The molecule has 1 aliphatic heterocycles. The maximum atomic E-state index is 13.1. The molecular formula is C31H32N2O5S2.